The van der Waals surface area contributed by atoms with Crippen LogP contribution in [0.4, 0.5) is 0 Å². The van der Waals surface area contributed by atoms with Crippen molar-refractivity contribution < 1.29 is 9.59 Å². The van der Waals surface area contributed by atoms with Gasteiger partial charge in [0.15, 0.2) is 0 Å². The number of nitrogens with one attached hydrogen (secondary N) is 1. The minimum Gasteiger partial charge on any atom is -0.352 e. The minimum atomic E-state index is 0.135. The van der Waals surface area contributed by atoms with Gasteiger partial charge in [0.2, 0.25) is 11.8 Å². The van der Waals surface area contributed by atoms with Gasteiger partial charge in [-0.05, 0) is 56.1 Å². The average molecular weight is 370 g/mol. The number of piperidine rings is 1. The zero-order valence-electron chi connectivity index (χ0n) is 16.3. The largest absolute Gasteiger partial charge is 0.352 e. The molecular formula is C22H31N3O2. The van der Waals surface area contributed by atoms with Gasteiger partial charge in [0, 0.05) is 38.1 Å². The van der Waals surface area contributed by atoms with Crippen LogP contribution in [0.2, 0.25) is 0 Å². The molecule has 1 aromatic carbocycles. The number of hydrogen-bond donors (Lipinski definition) is 1. The Labute approximate surface area is 162 Å². The average Bonchev–Trinajstić information content (AvgIpc) is 3.51. The summed E-state index contributed by atoms with van der Waals surface area (Å²) in [5, 5.41) is 3.24. The van der Waals surface area contributed by atoms with Gasteiger partial charge >= 0.3 is 0 Å². The van der Waals surface area contributed by atoms with Crippen molar-refractivity contribution in [2.45, 2.75) is 70.0 Å². The fourth-order valence-electron chi connectivity index (χ4n) is 4.75. The minimum absolute atomic E-state index is 0.135. The Bertz CT molecular complexity index is 693. The molecule has 5 heteroatoms. The predicted octanol–water partition coefficient (Wildman–Crippen LogP) is 2.66. The molecule has 1 atom stereocenters. The van der Waals surface area contributed by atoms with Gasteiger partial charge in [-0.3, -0.25) is 14.5 Å². The molecule has 1 heterocycles. The summed E-state index contributed by atoms with van der Waals surface area (Å²) in [7, 11) is 0. The summed E-state index contributed by atoms with van der Waals surface area (Å²) >= 11 is 0. The first-order valence-corrected chi connectivity index (χ1v) is 10.5. The zero-order valence-corrected chi connectivity index (χ0v) is 16.3. The number of hydrogen-bond acceptors (Lipinski definition) is 3. The molecule has 0 bridgehead atoms. The maximum Gasteiger partial charge on any atom is 0.234 e. The smallest absolute Gasteiger partial charge is 0.234 e. The Morgan fingerprint density at radius 2 is 1.85 bits per heavy atom. The lowest BCUT2D eigenvalue weighted by molar-refractivity contribution is -0.130. The highest BCUT2D eigenvalue weighted by Gasteiger charge is 2.37. The van der Waals surface area contributed by atoms with Crippen molar-refractivity contribution in [1.82, 2.24) is 15.1 Å². The predicted molar refractivity (Wildman–Crippen MR) is 105 cm³/mol. The van der Waals surface area contributed by atoms with E-state index in [-0.39, 0.29) is 17.9 Å². The molecule has 1 aliphatic heterocycles. The van der Waals surface area contributed by atoms with Crippen LogP contribution < -0.4 is 5.32 Å². The molecule has 0 spiro atoms. The number of nitrogens with zero attached hydrogens (tertiary/aromatic N) is 2. The molecule has 2 fully saturated rings. The van der Waals surface area contributed by atoms with E-state index in [1.54, 1.807) is 6.92 Å². The van der Waals surface area contributed by atoms with Gasteiger partial charge in [-0.15, -0.1) is 0 Å². The number of aryl methyl sites for hydroxylation is 1. The SMILES string of the molecule is CC(=O)N1CCC(NC(=O)CN(C2CC2)C2CCCc3ccccc32)CC1. The van der Waals surface area contributed by atoms with Crippen LogP contribution in [0, 0.1) is 0 Å². The van der Waals surface area contributed by atoms with Gasteiger partial charge in [-0.25, -0.2) is 0 Å². The lowest BCUT2D eigenvalue weighted by Crippen LogP contribution is -2.49. The van der Waals surface area contributed by atoms with E-state index >= 15 is 0 Å². The van der Waals surface area contributed by atoms with Crippen LogP contribution in [-0.2, 0) is 16.0 Å². The van der Waals surface area contributed by atoms with E-state index in [1.165, 1.54) is 30.4 Å². The molecule has 2 aliphatic carbocycles. The molecule has 3 aliphatic rings. The van der Waals surface area contributed by atoms with E-state index in [0.717, 1.165) is 38.8 Å². The number of carbonyl (C=O) groups is 2. The van der Waals surface area contributed by atoms with E-state index < -0.39 is 0 Å². The van der Waals surface area contributed by atoms with Gasteiger partial charge in [0.05, 0.1) is 6.54 Å². The summed E-state index contributed by atoms with van der Waals surface area (Å²) in [6.07, 6.45) is 7.66. The Hall–Kier alpha value is -1.88. The molecule has 4 rings (SSSR count). The molecule has 1 saturated carbocycles. The van der Waals surface area contributed by atoms with Crippen LogP contribution in [0.5, 0.6) is 0 Å². The van der Waals surface area contributed by atoms with E-state index in [9.17, 15) is 9.59 Å². The first kappa shape index (κ1) is 18.5. The Balaban J connectivity index is 1.37. The molecule has 1 unspecified atom stereocenters. The molecular weight excluding hydrogens is 338 g/mol. The maximum atomic E-state index is 12.8. The van der Waals surface area contributed by atoms with E-state index in [0.29, 0.717) is 18.6 Å². The van der Waals surface area contributed by atoms with Gasteiger partial charge in [0.1, 0.15) is 0 Å². The van der Waals surface area contributed by atoms with Crippen LogP contribution in [0.15, 0.2) is 24.3 Å². The lowest BCUT2D eigenvalue weighted by atomic mass is 9.86. The van der Waals surface area contributed by atoms with Crippen molar-refractivity contribution in [2.75, 3.05) is 19.6 Å². The molecule has 146 valence electrons. The van der Waals surface area contributed by atoms with Crippen LogP contribution in [0.3, 0.4) is 0 Å². The number of amides is 2. The molecule has 0 aromatic heterocycles. The molecule has 5 nitrogen and oxygen atoms in total. The Morgan fingerprint density at radius 1 is 1.11 bits per heavy atom. The first-order valence-electron chi connectivity index (χ1n) is 10.5. The first-order chi connectivity index (χ1) is 13.1. The van der Waals surface area contributed by atoms with Crippen molar-refractivity contribution >= 4 is 11.8 Å². The third-order valence-corrected chi connectivity index (χ3v) is 6.39. The van der Waals surface area contributed by atoms with Gasteiger partial charge in [-0.1, -0.05) is 24.3 Å². The summed E-state index contributed by atoms with van der Waals surface area (Å²) in [5.41, 5.74) is 2.88. The topological polar surface area (TPSA) is 52.7 Å². The van der Waals surface area contributed by atoms with E-state index in [4.69, 9.17) is 0 Å². The zero-order chi connectivity index (χ0) is 18.8. The third kappa shape index (κ3) is 4.34. The van der Waals surface area contributed by atoms with E-state index in [2.05, 4.69) is 34.5 Å². The Morgan fingerprint density at radius 3 is 2.56 bits per heavy atom. The molecule has 0 radical (unpaired) electrons. The fourth-order valence-corrected chi connectivity index (χ4v) is 4.75. The number of likely N-dealkylation sites (tertiary alicyclic amines) is 1. The lowest BCUT2D eigenvalue weighted by Gasteiger charge is -2.36. The Kier molecular flexibility index (Phi) is 5.48. The normalized spacial score (nSPS) is 23.2. The van der Waals surface area contributed by atoms with Crippen LogP contribution in [0.25, 0.3) is 0 Å². The van der Waals surface area contributed by atoms with Crippen molar-refractivity contribution in [1.29, 1.82) is 0 Å². The summed E-state index contributed by atoms with van der Waals surface area (Å²) in [6, 6.07) is 9.90. The number of carbonyl (C=O) groups excluding carboxylic acids is 2. The van der Waals surface area contributed by atoms with Crippen molar-refractivity contribution in [3.05, 3.63) is 35.4 Å². The second-order valence-corrected chi connectivity index (χ2v) is 8.36. The van der Waals surface area contributed by atoms with E-state index in [1.807, 2.05) is 4.90 Å². The quantitative estimate of drug-likeness (QED) is 0.868. The highest BCUT2D eigenvalue weighted by atomic mass is 16.2. The summed E-state index contributed by atoms with van der Waals surface area (Å²) in [5.74, 6) is 0.280. The van der Waals surface area contributed by atoms with Crippen molar-refractivity contribution in [3.8, 4) is 0 Å². The molecule has 2 amide bonds. The highest BCUT2D eigenvalue weighted by molar-refractivity contribution is 5.78. The molecule has 1 N–H and O–H groups in total. The van der Waals surface area contributed by atoms with Crippen molar-refractivity contribution in [3.63, 3.8) is 0 Å². The molecule has 1 saturated heterocycles. The van der Waals surface area contributed by atoms with Gasteiger partial charge in [0.25, 0.3) is 0 Å². The van der Waals surface area contributed by atoms with Crippen LogP contribution in [-0.4, -0.2) is 53.3 Å². The highest BCUT2D eigenvalue weighted by Crippen LogP contribution is 2.40. The molecule has 1 aromatic rings. The maximum absolute atomic E-state index is 12.8. The van der Waals surface area contributed by atoms with Crippen LogP contribution in [0.1, 0.15) is 62.6 Å². The van der Waals surface area contributed by atoms with Crippen LogP contribution >= 0.6 is 0 Å². The van der Waals surface area contributed by atoms with Crippen molar-refractivity contribution in [2.24, 2.45) is 0 Å². The molecule has 27 heavy (non-hydrogen) atoms. The second kappa shape index (κ2) is 8.01. The fraction of sp³-hybridized carbons (Fsp3) is 0.636. The number of benzene rings is 1. The summed E-state index contributed by atoms with van der Waals surface area (Å²) in [6.45, 7) is 3.62. The number of rotatable bonds is 5. The summed E-state index contributed by atoms with van der Waals surface area (Å²) < 4.78 is 0. The monoisotopic (exact) mass is 369 g/mol. The second-order valence-electron chi connectivity index (χ2n) is 8.36. The third-order valence-electron chi connectivity index (χ3n) is 6.39. The summed E-state index contributed by atoms with van der Waals surface area (Å²) in [4.78, 5) is 28.6. The number of fused-ring (bicyclic) bond motifs is 1. The standard InChI is InChI=1S/C22H31N3O2/c1-16(26)24-13-11-18(12-14-24)23-22(27)15-25(19-9-10-19)21-8-4-6-17-5-2-3-7-20(17)21/h2-3,5,7,18-19,21H,4,6,8-15H2,1H3,(H,23,27). The van der Waals surface area contributed by atoms with Gasteiger partial charge in [-0.2, -0.15) is 0 Å². The van der Waals surface area contributed by atoms with Gasteiger partial charge < -0.3 is 10.2 Å².